The van der Waals surface area contributed by atoms with Crippen molar-refractivity contribution in [3.05, 3.63) is 35.9 Å². The van der Waals surface area contributed by atoms with Crippen molar-refractivity contribution in [1.29, 1.82) is 0 Å². The minimum Gasteiger partial charge on any atom is -0.473 e. The first-order chi connectivity index (χ1) is 12.7. The van der Waals surface area contributed by atoms with Gasteiger partial charge in [0.1, 0.15) is 6.10 Å². The molecule has 2 fully saturated rings. The molecule has 6 heteroatoms. The van der Waals surface area contributed by atoms with Gasteiger partial charge in [0, 0.05) is 37.8 Å². The highest BCUT2D eigenvalue weighted by Crippen LogP contribution is 2.31. The number of carbonyl (C=O) groups excluding carboxylic acids is 1. The van der Waals surface area contributed by atoms with Crippen molar-refractivity contribution in [2.75, 3.05) is 25.0 Å². The summed E-state index contributed by atoms with van der Waals surface area (Å²) < 4.78 is 6.17. The van der Waals surface area contributed by atoms with Crippen LogP contribution < -0.4 is 10.1 Å². The van der Waals surface area contributed by atoms with Gasteiger partial charge in [0.25, 0.3) is 0 Å². The van der Waals surface area contributed by atoms with Crippen molar-refractivity contribution in [3.63, 3.8) is 0 Å². The molecule has 0 aliphatic carbocycles. The highest BCUT2D eigenvalue weighted by molar-refractivity contribution is 5.99. The van der Waals surface area contributed by atoms with Crippen LogP contribution in [-0.4, -0.2) is 46.7 Å². The number of nitrogens with zero attached hydrogens (tertiary/aromatic N) is 3. The smallest absolute Gasteiger partial charge is 0.233 e. The van der Waals surface area contributed by atoms with Crippen LogP contribution in [0, 0.1) is 5.92 Å². The van der Waals surface area contributed by atoms with Crippen LogP contribution in [0.25, 0.3) is 11.3 Å². The summed E-state index contributed by atoms with van der Waals surface area (Å²) in [5.41, 5.74) is 3.68. The van der Waals surface area contributed by atoms with Crippen LogP contribution in [-0.2, 0) is 11.2 Å². The molecule has 1 aromatic heterocycles. The number of ether oxygens (including phenoxy) is 1. The third-order valence-electron chi connectivity index (χ3n) is 5.74. The summed E-state index contributed by atoms with van der Waals surface area (Å²) in [5.74, 6) is 1.26. The van der Waals surface area contributed by atoms with Crippen LogP contribution in [0.4, 0.5) is 5.69 Å². The number of piperidine rings is 2. The number of anilines is 1. The third-order valence-corrected chi connectivity index (χ3v) is 5.74. The van der Waals surface area contributed by atoms with E-state index in [2.05, 4.69) is 20.4 Å². The summed E-state index contributed by atoms with van der Waals surface area (Å²) in [7, 11) is 0. The van der Waals surface area contributed by atoms with Gasteiger partial charge in [-0.2, -0.15) is 0 Å². The van der Waals surface area contributed by atoms with E-state index in [4.69, 9.17) is 4.74 Å². The molecule has 0 spiro atoms. The zero-order chi connectivity index (χ0) is 17.5. The average Bonchev–Trinajstić information content (AvgIpc) is 3.04. The Kier molecular flexibility index (Phi) is 3.85. The van der Waals surface area contributed by atoms with E-state index >= 15 is 0 Å². The van der Waals surface area contributed by atoms with E-state index in [1.807, 2.05) is 30.3 Å². The van der Waals surface area contributed by atoms with Crippen molar-refractivity contribution >= 4 is 11.6 Å². The molecular formula is C20H24N4O2. The molecule has 3 aliphatic rings. The summed E-state index contributed by atoms with van der Waals surface area (Å²) in [4.78, 5) is 14.0. The Morgan fingerprint density at radius 2 is 2.12 bits per heavy atom. The maximum absolute atomic E-state index is 11.5. The van der Waals surface area contributed by atoms with E-state index in [-0.39, 0.29) is 13.4 Å². The molecule has 4 heterocycles. The van der Waals surface area contributed by atoms with Crippen molar-refractivity contribution in [2.45, 2.75) is 31.8 Å². The normalized spacial score (nSPS) is 26.9. The van der Waals surface area contributed by atoms with E-state index in [1.54, 1.807) is 0 Å². The lowest BCUT2D eigenvalue weighted by molar-refractivity contribution is -0.115. The number of amides is 1. The molecule has 2 bridgehead atoms. The number of hydrogen-bond acceptors (Lipinski definition) is 5. The Hall–Kier alpha value is -2.47. The Bertz CT molecular complexity index is 842. The molecule has 0 saturated carbocycles. The minimum atomic E-state index is 0. The van der Waals surface area contributed by atoms with Gasteiger partial charge in [0.15, 0.2) is 0 Å². The number of nitrogens with one attached hydrogen (secondary N) is 1. The first kappa shape index (κ1) is 15.8. The highest BCUT2D eigenvalue weighted by atomic mass is 16.5. The second kappa shape index (κ2) is 6.36. The van der Waals surface area contributed by atoms with E-state index in [0.29, 0.717) is 18.2 Å². The van der Waals surface area contributed by atoms with Gasteiger partial charge in [-0.15, -0.1) is 10.2 Å². The van der Waals surface area contributed by atoms with E-state index in [1.165, 1.54) is 19.4 Å². The van der Waals surface area contributed by atoms with Crippen LogP contribution in [0.15, 0.2) is 30.3 Å². The second-order valence-corrected chi connectivity index (χ2v) is 7.50. The predicted molar refractivity (Wildman–Crippen MR) is 100 cm³/mol. The molecule has 5 rings (SSSR count). The fourth-order valence-corrected chi connectivity index (χ4v) is 4.38. The quantitative estimate of drug-likeness (QED) is 0.920. The molecule has 136 valence electrons. The Morgan fingerprint density at radius 1 is 1.15 bits per heavy atom. The van der Waals surface area contributed by atoms with E-state index in [0.717, 1.165) is 42.0 Å². The molecule has 2 aromatic rings. The molecule has 26 heavy (non-hydrogen) atoms. The zero-order valence-electron chi connectivity index (χ0n) is 14.6. The van der Waals surface area contributed by atoms with Crippen LogP contribution in [0.2, 0.25) is 0 Å². The molecule has 6 nitrogen and oxygen atoms in total. The standard InChI is InChI=1S/C20H22N4O2.H2/c25-19-11-15-10-13(3-4-16(15)21-19)17-5-6-20(23-22-17)26-18-7-9-24-8-1-2-14(18)12-24;/h3-6,10,14,18H,1-2,7-9,11-12H2,(H,21,25);1H/t14-,18+;/m1./s1. The van der Waals surface area contributed by atoms with Crippen LogP contribution >= 0.6 is 0 Å². The Balaban J connectivity index is 0.00000180. The molecular weight excluding hydrogens is 328 g/mol. The maximum atomic E-state index is 11.5. The second-order valence-electron chi connectivity index (χ2n) is 7.50. The lowest BCUT2D eigenvalue weighted by atomic mass is 9.87. The maximum Gasteiger partial charge on any atom is 0.233 e. The van der Waals surface area contributed by atoms with Gasteiger partial charge in [-0.05, 0) is 49.6 Å². The molecule has 1 aromatic carbocycles. The van der Waals surface area contributed by atoms with Gasteiger partial charge in [0.05, 0.1) is 12.1 Å². The molecule has 3 atom stereocenters. The average molecular weight is 352 g/mol. The van der Waals surface area contributed by atoms with Gasteiger partial charge in [-0.3, -0.25) is 4.79 Å². The number of carbonyl (C=O) groups is 1. The van der Waals surface area contributed by atoms with Gasteiger partial charge in [0.2, 0.25) is 11.8 Å². The van der Waals surface area contributed by atoms with Crippen molar-refractivity contribution in [1.82, 2.24) is 15.1 Å². The fraction of sp³-hybridized carbons (Fsp3) is 0.450. The fourth-order valence-electron chi connectivity index (χ4n) is 4.38. The molecule has 2 saturated heterocycles. The number of rotatable bonds is 3. The summed E-state index contributed by atoms with van der Waals surface area (Å²) in [6, 6.07) is 9.76. The summed E-state index contributed by atoms with van der Waals surface area (Å²) in [6.07, 6.45) is 4.26. The summed E-state index contributed by atoms with van der Waals surface area (Å²) in [6.45, 7) is 3.51. The van der Waals surface area contributed by atoms with Gasteiger partial charge < -0.3 is 15.0 Å². The highest BCUT2D eigenvalue weighted by Gasteiger charge is 2.33. The molecule has 1 N–H and O–H groups in total. The van der Waals surface area contributed by atoms with Crippen LogP contribution in [0.5, 0.6) is 5.88 Å². The molecule has 1 amide bonds. The topological polar surface area (TPSA) is 67.3 Å². The van der Waals surface area contributed by atoms with Crippen molar-refractivity contribution < 1.29 is 11.0 Å². The Morgan fingerprint density at radius 3 is 3.00 bits per heavy atom. The lowest BCUT2D eigenvalue weighted by Crippen LogP contribution is -2.49. The first-order valence-electron chi connectivity index (χ1n) is 9.40. The molecule has 0 radical (unpaired) electrons. The van der Waals surface area contributed by atoms with Gasteiger partial charge in [-0.1, -0.05) is 6.07 Å². The largest absolute Gasteiger partial charge is 0.473 e. The number of benzene rings is 1. The predicted octanol–water partition coefficient (Wildman–Crippen LogP) is 2.75. The number of fused-ring (bicyclic) bond motifs is 3. The van der Waals surface area contributed by atoms with Gasteiger partial charge >= 0.3 is 0 Å². The van der Waals surface area contributed by atoms with Crippen LogP contribution in [0.1, 0.15) is 26.3 Å². The van der Waals surface area contributed by atoms with E-state index < -0.39 is 0 Å². The first-order valence-corrected chi connectivity index (χ1v) is 9.40. The summed E-state index contributed by atoms with van der Waals surface area (Å²) >= 11 is 0. The SMILES string of the molecule is O=C1Cc2cc(-c3ccc(O[C@H]4CCN5CCC[C@@H]4C5)nn3)ccc2N1.[HH]. The van der Waals surface area contributed by atoms with Crippen molar-refractivity contribution in [2.24, 2.45) is 5.92 Å². The monoisotopic (exact) mass is 352 g/mol. The third kappa shape index (κ3) is 2.94. The van der Waals surface area contributed by atoms with Crippen LogP contribution in [0.3, 0.4) is 0 Å². The number of hydrogen-bond donors (Lipinski definition) is 1. The zero-order valence-corrected chi connectivity index (χ0v) is 14.6. The van der Waals surface area contributed by atoms with Gasteiger partial charge in [-0.25, -0.2) is 0 Å². The molecule has 1 unspecified atom stereocenters. The van der Waals surface area contributed by atoms with E-state index in [9.17, 15) is 4.79 Å². The summed E-state index contributed by atoms with van der Waals surface area (Å²) in [5, 5.41) is 11.5. The minimum absolute atomic E-state index is 0. The number of aromatic nitrogens is 2. The van der Waals surface area contributed by atoms with Crippen molar-refractivity contribution in [3.8, 4) is 17.1 Å². The lowest BCUT2D eigenvalue weighted by Gasteiger charge is -2.42. The molecule has 3 aliphatic heterocycles. The Labute approximate surface area is 154 Å².